The van der Waals surface area contributed by atoms with Crippen molar-refractivity contribution in [3.8, 4) is 5.75 Å². The number of benzene rings is 3. The van der Waals surface area contributed by atoms with Gasteiger partial charge in [-0.25, -0.2) is 0 Å². The molecular weight excluding hydrogens is 421 g/mol. The van der Waals surface area contributed by atoms with Crippen molar-refractivity contribution in [2.24, 2.45) is 0 Å². The van der Waals surface area contributed by atoms with Crippen molar-refractivity contribution in [3.63, 3.8) is 0 Å². The number of nitrogens with zero attached hydrogens (tertiary/aromatic N) is 1. The van der Waals surface area contributed by atoms with Gasteiger partial charge < -0.3 is 4.74 Å². The zero-order valence-electron chi connectivity index (χ0n) is 18.3. The van der Waals surface area contributed by atoms with Crippen LogP contribution in [0.1, 0.15) is 23.1 Å². The largest absolute Gasteiger partial charge is 0.492 e. The van der Waals surface area contributed by atoms with Gasteiger partial charge in [-0.3, -0.25) is 4.90 Å². The summed E-state index contributed by atoms with van der Waals surface area (Å²) in [6.45, 7) is 2.74. The van der Waals surface area contributed by atoms with Crippen molar-refractivity contribution in [1.29, 1.82) is 0 Å². The number of hydrogen-bond acceptors (Lipinski definition) is 2. The van der Waals surface area contributed by atoms with Crippen molar-refractivity contribution in [2.75, 3.05) is 38.8 Å². The molecule has 0 aliphatic carbocycles. The molecule has 1 atom stereocenters. The van der Waals surface area contributed by atoms with E-state index in [-0.39, 0.29) is 0 Å². The number of likely N-dealkylation sites (N-methyl/N-ethyl adjacent to an activating group) is 1. The first-order chi connectivity index (χ1) is 15.2. The molecule has 4 heteroatoms. The minimum absolute atomic E-state index is 0.577. The fourth-order valence-corrected chi connectivity index (χ4v) is 4.42. The zero-order chi connectivity index (χ0) is 21.9. The van der Waals surface area contributed by atoms with Gasteiger partial charge in [0, 0.05) is 19.0 Å². The van der Waals surface area contributed by atoms with E-state index in [9.17, 15) is 0 Å². The Morgan fingerprint density at radius 3 is 1.97 bits per heavy atom. The number of ether oxygens (including phenoxy) is 1. The monoisotopic (exact) mass is 452 g/mol. The van der Waals surface area contributed by atoms with Gasteiger partial charge in [-0.05, 0) is 62.7 Å². The fourth-order valence-electron chi connectivity index (χ4n) is 3.69. The lowest BCUT2D eigenvalue weighted by molar-refractivity contribution is 0.245. The van der Waals surface area contributed by atoms with Gasteiger partial charge in [-0.1, -0.05) is 72.8 Å². The second kappa shape index (κ2) is 12.7. The van der Waals surface area contributed by atoms with E-state index < -0.39 is 0 Å². The van der Waals surface area contributed by atoms with Crippen LogP contribution in [0.4, 0.5) is 0 Å². The molecular formula is C27H32ClNOP+. The minimum atomic E-state index is 0.577. The lowest BCUT2D eigenvalue weighted by Crippen LogP contribution is -2.25. The summed E-state index contributed by atoms with van der Waals surface area (Å²) in [5.74, 6) is 1.48. The first-order valence-corrected chi connectivity index (χ1v) is 12.4. The van der Waals surface area contributed by atoms with E-state index in [0.29, 0.717) is 12.5 Å². The topological polar surface area (TPSA) is 12.5 Å². The number of allylic oxidation sites excluding steroid dienone is 1. The van der Waals surface area contributed by atoms with Crippen LogP contribution in [0.25, 0.3) is 11.1 Å². The average Bonchev–Trinajstić information content (AvgIpc) is 2.81. The third-order valence-electron chi connectivity index (χ3n) is 5.26. The first-order valence-electron chi connectivity index (χ1n) is 10.8. The van der Waals surface area contributed by atoms with Crippen LogP contribution >= 0.6 is 20.8 Å². The van der Waals surface area contributed by atoms with E-state index in [1.165, 1.54) is 34.0 Å². The molecule has 31 heavy (non-hydrogen) atoms. The van der Waals surface area contributed by atoms with Crippen LogP contribution in [0.5, 0.6) is 5.75 Å². The molecule has 0 bridgehead atoms. The summed E-state index contributed by atoms with van der Waals surface area (Å²) in [6, 6.07) is 29.6. The number of alkyl halides is 1. The molecule has 3 rings (SSSR count). The van der Waals surface area contributed by atoms with Gasteiger partial charge in [0.25, 0.3) is 0 Å². The highest BCUT2D eigenvalue weighted by atomic mass is 35.5. The standard InChI is InChI=1S/C27H31ClNOP/c1-29(19-21-31)18-20-30-25-14-12-24(13-15-25)27(23-10-6-3-7-11-23)26(16-17-28)22-8-4-2-5-9-22/h2-15H,16-21,31H2,1H3/p+1/b27-26-. The third-order valence-corrected chi connectivity index (χ3v) is 5.76. The second-order valence-electron chi connectivity index (χ2n) is 7.55. The van der Waals surface area contributed by atoms with Crippen LogP contribution in [0, 0.1) is 0 Å². The predicted molar refractivity (Wildman–Crippen MR) is 140 cm³/mol. The molecule has 0 saturated heterocycles. The fraction of sp³-hybridized carbons (Fsp3) is 0.259. The minimum Gasteiger partial charge on any atom is -0.492 e. The van der Waals surface area contributed by atoms with Gasteiger partial charge >= 0.3 is 0 Å². The molecule has 0 spiro atoms. The van der Waals surface area contributed by atoms with Crippen molar-refractivity contribution in [2.45, 2.75) is 6.42 Å². The summed E-state index contributed by atoms with van der Waals surface area (Å²) >= 11 is 6.24. The van der Waals surface area contributed by atoms with E-state index in [2.05, 4.69) is 96.9 Å². The summed E-state index contributed by atoms with van der Waals surface area (Å²) in [4.78, 5) is 2.30. The van der Waals surface area contributed by atoms with Crippen molar-refractivity contribution in [1.82, 2.24) is 4.90 Å². The average molecular weight is 453 g/mol. The molecule has 0 fully saturated rings. The molecule has 0 N–H and O–H groups in total. The van der Waals surface area contributed by atoms with Gasteiger partial charge in [-0.15, -0.1) is 11.6 Å². The highest BCUT2D eigenvalue weighted by Crippen LogP contribution is 2.35. The molecule has 3 aromatic carbocycles. The first kappa shape index (κ1) is 23.5. The molecule has 2 nitrogen and oxygen atoms in total. The molecule has 0 aliphatic rings. The molecule has 3 aromatic rings. The molecule has 1 unspecified atom stereocenters. The Morgan fingerprint density at radius 2 is 1.39 bits per heavy atom. The maximum absolute atomic E-state index is 6.24. The maximum atomic E-state index is 6.24. The smallest absolute Gasteiger partial charge is 0.119 e. The Hall–Kier alpha value is -2.12. The normalized spacial score (nSPS) is 12.1. The number of halogens is 1. The van der Waals surface area contributed by atoms with Crippen molar-refractivity contribution in [3.05, 3.63) is 102 Å². The molecule has 0 heterocycles. The number of hydrogen-bond donors (Lipinski definition) is 0. The summed E-state index contributed by atoms with van der Waals surface area (Å²) < 4.78 is 5.98. The summed E-state index contributed by atoms with van der Waals surface area (Å²) in [5, 5.41) is 0. The molecule has 0 aliphatic heterocycles. The van der Waals surface area contributed by atoms with Crippen molar-refractivity contribution >= 4 is 32.0 Å². The van der Waals surface area contributed by atoms with Gasteiger partial charge in [-0.2, -0.15) is 0 Å². The van der Waals surface area contributed by atoms with Gasteiger partial charge in [0.1, 0.15) is 12.4 Å². The van der Waals surface area contributed by atoms with Crippen molar-refractivity contribution < 1.29 is 4.74 Å². The van der Waals surface area contributed by atoms with Crippen LogP contribution in [0.15, 0.2) is 84.9 Å². The summed E-state index contributed by atoms with van der Waals surface area (Å²) in [5.41, 5.74) is 6.07. The molecule has 0 saturated carbocycles. The maximum Gasteiger partial charge on any atom is 0.119 e. The molecule has 0 radical (unpaired) electrons. The zero-order valence-corrected chi connectivity index (χ0v) is 20.4. The van der Waals surface area contributed by atoms with Gasteiger partial charge in [0.2, 0.25) is 0 Å². The van der Waals surface area contributed by atoms with Crippen LogP contribution in [-0.2, 0) is 0 Å². The van der Waals surface area contributed by atoms with Crippen LogP contribution in [-0.4, -0.2) is 43.7 Å². The Morgan fingerprint density at radius 1 is 0.806 bits per heavy atom. The van der Waals surface area contributed by atoms with E-state index in [1.807, 2.05) is 9.24 Å². The van der Waals surface area contributed by atoms with Crippen LogP contribution in [0.2, 0.25) is 0 Å². The summed E-state index contributed by atoms with van der Waals surface area (Å²) in [6.07, 6.45) is 1.99. The number of rotatable bonds is 11. The SMILES string of the molecule is CN(CC[PH3+])CCOc1ccc(/C(=C(/CCCl)c2ccccc2)c2ccccc2)cc1. The Bertz CT molecular complexity index is 942. The van der Waals surface area contributed by atoms with E-state index in [1.54, 1.807) is 0 Å². The summed E-state index contributed by atoms with van der Waals surface area (Å²) in [7, 11) is 4.15. The molecule has 0 amide bonds. The van der Waals surface area contributed by atoms with Gasteiger partial charge in [0.15, 0.2) is 0 Å². The van der Waals surface area contributed by atoms with Crippen LogP contribution < -0.4 is 4.74 Å². The second-order valence-corrected chi connectivity index (χ2v) is 8.64. The highest BCUT2D eigenvalue weighted by Gasteiger charge is 2.14. The third kappa shape index (κ3) is 6.94. The van der Waals surface area contributed by atoms with E-state index >= 15 is 0 Å². The lowest BCUT2D eigenvalue weighted by atomic mass is 9.88. The van der Waals surface area contributed by atoms with E-state index in [0.717, 1.165) is 25.3 Å². The van der Waals surface area contributed by atoms with Crippen LogP contribution in [0.3, 0.4) is 0 Å². The lowest BCUT2D eigenvalue weighted by Gasteiger charge is -2.18. The molecule has 162 valence electrons. The predicted octanol–water partition coefficient (Wildman–Crippen LogP) is 6.19. The molecule has 0 aromatic heterocycles. The van der Waals surface area contributed by atoms with Gasteiger partial charge in [0.05, 0.1) is 6.16 Å². The Balaban J connectivity index is 1.92. The Kier molecular flexibility index (Phi) is 9.62. The van der Waals surface area contributed by atoms with E-state index in [4.69, 9.17) is 16.3 Å². The Labute approximate surface area is 194 Å². The quantitative estimate of drug-likeness (QED) is 0.195. The highest BCUT2D eigenvalue weighted by molar-refractivity contribution is 7.16.